The van der Waals surface area contributed by atoms with Crippen LogP contribution < -0.4 is 0 Å². The molecule has 0 aromatic heterocycles. The largest absolute Gasteiger partial charge is 0.261 e. The summed E-state index contributed by atoms with van der Waals surface area (Å²) in [4.78, 5) is -0.416. The molecule has 0 unspecified atom stereocenters. The molecule has 0 amide bonds. The van der Waals surface area contributed by atoms with E-state index in [2.05, 4.69) is 0 Å². The highest BCUT2D eigenvalue weighted by Gasteiger charge is 2.15. The topological polar surface area (TPSA) is 34.1 Å². The van der Waals surface area contributed by atoms with Gasteiger partial charge in [-0.05, 0) is 12.1 Å². The van der Waals surface area contributed by atoms with E-state index in [4.69, 9.17) is 33.9 Å². The minimum absolute atomic E-state index is 0.194. The second-order valence-electron chi connectivity index (χ2n) is 2.14. The van der Waals surface area contributed by atoms with Gasteiger partial charge in [0.05, 0.1) is 14.9 Å². The van der Waals surface area contributed by atoms with Gasteiger partial charge < -0.3 is 0 Å². The van der Waals surface area contributed by atoms with Gasteiger partial charge in [-0.3, -0.25) is 0 Å². The molecule has 0 atom stereocenters. The Morgan fingerprint density at radius 1 is 1.23 bits per heavy atom. The van der Waals surface area contributed by atoms with Crippen LogP contribution in [0.15, 0.2) is 17.0 Å². The molecule has 0 heterocycles. The minimum Gasteiger partial charge on any atom is -0.207 e. The van der Waals surface area contributed by atoms with E-state index in [-0.39, 0.29) is 10.0 Å². The van der Waals surface area contributed by atoms with Crippen LogP contribution in [0.2, 0.25) is 10.0 Å². The molecular formula is C6H2Cl3FO2S. The maximum absolute atomic E-state index is 12.8. The number of hydrogen-bond acceptors (Lipinski definition) is 2. The van der Waals surface area contributed by atoms with Gasteiger partial charge in [0.15, 0.2) is 0 Å². The van der Waals surface area contributed by atoms with Crippen LogP contribution in [0.3, 0.4) is 0 Å². The summed E-state index contributed by atoms with van der Waals surface area (Å²) in [6.45, 7) is 0. The van der Waals surface area contributed by atoms with E-state index in [0.29, 0.717) is 6.07 Å². The van der Waals surface area contributed by atoms with E-state index < -0.39 is 19.8 Å². The molecular weight excluding hydrogens is 261 g/mol. The van der Waals surface area contributed by atoms with E-state index in [0.717, 1.165) is 6.07 Å². The third-order valence-electron chi connectivity index (χ3n) is 1.24. The Bertz CT molecular complexity index is 420. The zero-order valence-corrected chi connectivity index (χ0v) is 8.98. The zero-order chi connectivity index (χ0) is 10.2. The Kier molecular flexibility index (Phi) is 3.07. The van der Waals surface area contributed by atoms with Crippen molar-refractivity contribution in [3.05, 3.63) is 28.0 Å². The lowest BCUT2D eigenvalue weighted by Gasteiger charge is -2.00. The highest BCUT2D eigenvalue weighted by atomic mass is 35.7. The fourth-order valence-corrected chi connectivity index (χ4v) is 1.82. The summed E-state index contributed by atoms with van der Waals surface area (Å²) in [7, 11) is 0.983. The molecule has 0 N–H and O–H groups in total. The summed E-state index contributed by atoms with van der Waals surface area (Å²) in [6.07, 6.45) is 0. The van der Waals surface area contributed by atoms with Gasteiger partial charge >= 0.3 is 0 Å². The van der Waals surface area contributed by atoms with Gasteiger partial charge in [-0.25, -0.2) is 12.8 Å². The van der Waals surface area contributed by atoms with Crippen LogP contribution in [0.4, 0.5) is 4.39 Å². The number of benzene rings is 1. The third kappa shape index (κ3) is 2.47. The average Bonchev–Trinajstić information content (AvgIpc) is 1.97. The molecule has 2 nitrogen and oxygen atoms in total. The molecule has 1 aromatic rings. The quantitative estimate of drug-likeness (QED) is 0.576. The highest BCUT2D eigenvalue weighted by molar-refractivity contribution is 8.13. The van der Waals surface area contributed by atoms with Gasteiger partial charge in [-0.2, -0.15) is 0 Å². The third-order valence-corrected chi connectivity index (χ3v) is 3.35. The first kappa shape index (κ1) is 11.0. The van der Waals surface area contributed by atoms with Crippen molar-refractivity contribution in [3.63, 3.8) is 0 Å². The van der Waals surface area contributed by atoms with Crippen molar-refractivity contribution >= 4 is 42.9 Å². The summed E-state index contributed by atoms with van der Waals surface area (Å²) < 4.78 is 34.3. The molecule has 0 saturated carbocycles. The molecule has 7 heteroatoms. The van der Waals surface area contributed by atoms with Gasteiger partial charge in [0, 0.05) is 10.7 Å². The lowest BCUT2D eigenvalue weighted by molar-refractivity contribution is 0.602. The van der Waals surface area contributed by atoms with E-state index in [1.54, 1.807) is 0 Å². The Balaban J connectivity index is 3.47. The fraction of sp³-hybridized carbons (Fsp3) is 0. The van der Waals surface area contributed by atoms with Gasteiger partial charge in [0.2, 0.25) is 0 Å². The predicted octanol–water partition coefficient (Wildman–Crippen LogP) is 3.06. The summed E-state index contributed by atoms with van der Waals surface area (Å²) in [5.74, 6) is -0.923. The number of rotatable bonds is 1. The first-order chi connectivity index (χ1) is 5.82. The van der Waals surface area contributed by atoms with Crippen molar-refractivity contribution in [1.29, 1.82) is 0 Å². The number of hydrogen-bond donors (Lipinski definition) is 0. The van der Waals surface area contributed by atoms with Crippen LogP contribution in [0.1, 0.15) is 0 Å². The molecule has 0 spiro atoms. The van der Waals surface area contributed by atoms with Crippen molar-refractivity contribution < 1.29 is 12.8 Å². The van der Waals surface area contributed by atoms with Crippen molar-refractivity contribution in [2.75, 3.05) is 0 Å². The summed E-state index contributed by atoms with van der Waals surface area (Å²) in [5, 5.41) is -0.522. The Labute approximate surface area is 88.6 Å². The van der Waals surface area contributed by atoms with E-state index in [1.807, 2.05) is 0 Å². The molecule has 0 aliphatic heterocycles. The van der Waals surface area contributed by atoms with Gasteiger partial charge in [-0.15, -0.1) is 0 Å². The van der Waals surface area contributed by atoms with Crippen LogP contribution in [-0.4, -0.2) is 8.42 Å². The molecule has 13 heavy (non-hydrogen) atoms. The van der Waals surface area contributed by atoms with Crippen LogP contribution in [0, 0.1) is 5.82 Å². The second-order valence-corrected chi connectivity index (χ2v) is 5.49. The minimum atomic E-state index is -3.98. The van der Waals surface area contributed by atoms with Crippen LogP contribution >= 0.6 is 33.9 Å². The van der Waals surface area contributed by atoms with Crippen molar-refractivity contribution in [2.24, 2.45) is 0 Å². The van der Waals surface area contributed by atoms with Crippen molar-refractivity contribution in [2.45, 2.75) is 4.90 Å². The summed E-state index contributed by atoms with van der Waals surface area (Å²) in [6, 6.07) is 1.69. The molecule has 0 fully saturated rings. The predicted molar refractivity (Wildman–Crippen MR) is 49.5 cm³/mol. The van der Waals surface area contributed by atoms with Crippen LogP contribution in [0.5, 0.6) is 0 Å². The monoisotopic (exact) mass is 262 g/mol. The average molecular weight is 264 g/mol. The maximum atomic E-state index is 12.8. The molecule has 1 aromatic carbocycles. The summed E-state index contributed by atoms with van der Waals surface area (Å²) >= 11 is 10.8. The standard InChI is InChI=1S/C6H2Cl3FO2S/c7-4-1-3(13(9,11)12)2-5(10)6(4)8/h1-2H. The molecule has 0 aliphatic carbocycles. The molecule has 72 valence electrons. The van der Waals surface area contributed by atoms with Gasteiger partial charge in [0.25, 0.3) is 9.05 Å². The van der Waals surface area contributed by atoms with Crippen molar-refractivity contribution in [1.82, 2.24) is 0 Å². The normalized spacial score (nSPS) is 11.7. The lowest BCUT2D eigenvalue weighted by atomic mass is 10.3. The van der Waals surface area contributed by atoms with Gasteiger partial charge in [-0.1, -0.05) is 23.2 Å². The van der Waals surface area contributed by atoms with Gasteiger partial charge in [0.1, 0.15) is 5.82 Å². The lowest BCUT2D eigenvalue weighted by Crippen LogP contribution is -1.92. The zero-order valence-electron chi connectivity index (χ0n) is 5.89. The molecule has 0 radical (unpaired) electrons. The highest BCUT2D eigenvalue weighted by Crippen LogP contribution is 2.29. The molecule has 0 bridgehead atoms. The second kappa shape index (κ2) is 3.61. The smallest absolute Gasteiger partial charge is 0.207 e. The van der Waals surface area contributed by atoms with E-state index >= 15 is 0 Å². The van der Waals surface area contributed by atoms with Crippen LogP contribution in [0.25, 0.3) is 0 Å². The summed E-state index contributed by atoms with van der Waals surface area (Å²) in [5.41, 5.74) is 0. The van der Waals surface area contributed by atoms with Crippen LogP contribution in [-0.2, 0) is 9.05 Å². The maximum Gasteiger partial charge on any atom is 0.261 e. The Morgan fingerprint density at radius 3 is 2.15 bits per heavy atom. The van der Waals surface area contributed by atoms with E-state index in [1.165, 1.54) is 0 Å². The molecule has 1 rings (SSSR count). The molecule has 0 saturated heterocycles. The number of halogens is 4. The van der Waals surface area contributed by atoms with E-state index in [9.17, 15) is 12.8 Å². The first-order valence-corrected chi connectivity index (χ1v) is 5.98. The Hall–Kier alpha value is -0.0300. The fourth-order valence-electron chi connectivity index (χ4n) is 0.673. The SMILES string of the molecule is O=S(=O)(Cl)c1cc(F)c(Cl)c(Cl)c1. The molecule has 0 aliphatic rings. The first-order valence-electron chi connectivity index (χ1n) is 2.91. The van der Waals surface area contributed by atoms with Crippen molar-refractivity contribution in [3.8, 4) is 0 Å². The Morgan fingerprint density at radius 2 is 1.77 bits per heavy atom.